The van der Waals surface area contributed by atoms with E-state index in [0.29, 0.717) is 5.56 Å². The van der Waals surface area contributed by atoms with E-state index >= 15 is 0 Å². The van der Waals surface area contributed by atoms with Gasteiger partial charge in [-0.05, 0) is 17.0 Å². The lowest BCUT2D eigenvalue weighted by Gasteiger charge is -2.20. The molecule has 0 bridgehead atoms. The minimum Gasteiger partial charge on any atom is -0.446 e. The second-order valence-electron chi connectivity index (χ2n) is 5.07. The number of halogens is 1. The molecule has 0 aliphatic heterocycles. The first kappa shape index (κ1) is 13.6. The van der Waals surface area contributed by atoms with E-state index in [1.54, 1.807) is 0 Å². The molecule has 0 saturated carbocycles. The van der Waals surface area contributed by atoms with Gasteiger partial charge in [-0.3, -0.25) is 10.1 Å². The average molecular weight is 239 g/mol. The minimum atomic E-state index is -1.20. The smallest absolute Gasteiger partial charge is 0.331 e. The molecule has 1 aromatic carbocycles. The highest BCUT2D eigenvalue weighted by molar-refractivity contribution is 6.66. The van der Waals surface area contributed by atoms with Crippen LogP contribution in [0.5, 0.6) is 0 Å². The van der Waals surface area contributed by atoms with Crippen molar-refractivity contribution in [3.8, 4) is 0 Å². The maximum Gasteiger partial charge on any atom is 0.331 e. The number of hydrogen-bond donors (Lipinski definition) is 1. The number of benzene rings is 1. The predicted molar refractivity (Wildman–Crippen MR) is 65.2 cm³/mol. The van der Waals surface area contributed by atoms with Gasteiger partial charge in [-0.15, -0.1) is 0 Å². The standard InChI is InChI=1S/C11H15BFNO3/c1-11(2,3)7-5-8(13)10(12(4)15)9(6-7)14(16)17/h5-6,15H,1-4H3. The predicted octanol–water partition coefficient (Wildman–Crippen LogP) is 1.85. The van der Waals surface area contributed by atoms with Crippen LogP contribution in [0.25, 0.3) is 0 Å². The van der Waals surface area contributed by atoms with Crippen LogP contribution in [0.4, 0.5) is 10.1 Å². The zero-order valence-electron chi connectivity index (χ0n) is 10.3. The fraction of sp³-hybridized carbons (Fsp3) is 0.455. The molecule has 0 spiro atoms. The highest BCUT2D eigenvalue weighted by Crippen LogP contribution is 2.26. The molecule has 0 fully saturated rings. The molecule has 17 heavy (non-hydrogen) atoms. The summed E-state index contributed by atoms with van der Waals surface area (Å²) in [5.41, 5.74) is -0.484. The molecule has 0 saturated heterocycles. The van der Waals surface area contributed by atoms with Crippen molar-refractivity contribution in [2.45, 2.75) is 33.0 Å². The molecule has 92 valence electrons. The first-order valence-electron chi connectivity index (χ1n) is 5.31. The van der Waals surface area contributed by atoms with Gasteiger partial charge in [-0.1, -0.05) is 27.6 Å². The summed E-state index contributed by atoms with van der Waals surface area (Å²) < 4.78 is 13.8. The van der Waals surface area contributed by atoms with Crippen LogP contribution in [-0.4, -0.2) is 16.9 Å². The van der Waals surface area contributed by atoms with Crippen LogP contribution < -0.4 is 5.46 Å². The molecule has 0 aliphatic carbocycles. The van der Waals surface area contributed by atoms with Crippen molar-refractivity contribution in [3.05, 3.63) is 33.6 Å². The van der Waals surface area contributed by atoms with Gasteiger partial charge >= 0.3 is 6.92 Å². The van der Waals surface area contributed by atoms with Gasteiger partial charge in [-0.25, -0.2) is 4.39 Å². The Balaban J connectivity index is 3.53. The van der Waals surface area contributed by atoms with Gasteiger partial charge in [0.15, 0.2) is 0 Å². The minimum absolute atomic E-state index is 0.261. The van der Waals surface area contributed by atoms with Gasteiger partial charge in [0.05, 0.1) is 10.4 Å². The third-order valence-electron chi connectivity index (χ3n) is 2.59. The summed E-state index contributed by atoms with van der Waals surface area (Å²) in [7, 11) is 0. The van der Waals surface area contributed by atoms with Crippen molar-refractivity contribution in [2.24, 2.45) is 0 Å². The Kier molecular flexibility index (Phi) is 3.57. The number of rotatable bonds is 2. The monoisotopic (exact) mass is 239 g/mol. The Hall–Kier alpha value is -1.43. The van der Waals surface area contributed by atoms with E-state index < -0.39 is 17.7 Å². The van der Waals surface area contributed by atoms with Gasteiger partial charge in [-0.2, -0.15) is 0 Å². The molecular formula is C11H15BFNO3. The van der Waals surface area contributed by atoms with E-state index in [1.807, 2.05) is 20.8 Å². The van der Waals surface area contributed by atoms with Gasteiger partial charge in [0.1, 0.15) is 5.82 Å². The zero-order valence-corrected chi connectivity index (χ0v) is 10.3. The number of nitro groups is 1. The first-order valence-corrected chi connectivity index (χ1v) is 5.31. The quantitative estimate of drug-likeness (QED) is 0.486. The summed E-state index contributed by atoms with van der Waals surface area (Å²) in [5, 5.41) is 20.3. The van der Waals surface area contributed by atoms with E-state index in [1.165, 1.54) is 19.0 Å². The molecule has 0 heterocycles. The summed E-state index contributed by atoms with van der Waals surface area (Å²) in [6.45, 7) is 5.63. The van der Waals surface area contributed by atoms with Crippen LogP contribution in [0.3, 0.4) is 0 Å². The second kappa shape index (κ2) is 4.45. The first-order chi connectivity index (χ1) is 7.64. The number of nitro benzene ring substituents is 1. The van der Waals surface area contributed by atoms with Gasteiger partial charge in [0.2, 0.25) is 0 Å². The lowest BCUT2D eigenvalue weighted by molar-refractivity contribution is -0.383. The Labute approximate surface area is 99.7 Å². The summed E-state index contributed by atoms with van der Waals surface area (Å²) in [6.07, 6.45) is 0. The molecule has 1 N–H and O–H groups in total. The van der Waals surface area contributed by atoms with Crippen molar-refractivity contribution in [3.63, 3.8) is 0 Å². The van der Waals surface area contributed by atoms with Crippen LogP contribution in [-0.2, 0) is 5.41 Å². The molecular weight excluding hydrogens is 224 g/mol. The molecule has 0 amide bonds. The molecule has 0 atom stereocenters. The molecule has 0 aliphatic rings. The van der Waals surface area contributed by atoms with E-state index in [9.17, 15) is 19.5 Å². The van der Waals surface area contributed by atoms with Crippen molar-refractivity contribution in [1.82, 2.24) is 0 Å². The highest BCUT2D eigenvalue weighted by Gasteiger charge is 2.28. The van der Waals surface area contributed by atoms with E-state index in [-0.39, 0.29) is 16.6 Å². The maximum atomic E-state index is 13.8. The highest BCUT2D eigenvalue weighted by atomic mass is 19.1. The van der Waals surface area contributed by atoms with Crippen LogP contribution in [0.2, 0.25) is 6.82 Å². The molecule has 1 rings (SSSR count). The summed E-state index contributed by atoms with van der Waals surface area (Å²) >= 11 is 0. The Morgan fingerprint density at radius 1 is 1.41 bits per heavy atom. The lowest BCUT2D eigenvalue weighted by atomic mass is 9.62. The molecule has 4 nitrogen and oxygen atoms in total. The van der Waals surface area contributed by atoms with Crippen molar-refractivity contribution in [1.29, 1.82) is 0 Å². The van der Waals surface area contributed by atoms with Crippen molar-refractivity contribution in [2.75, 3.05) is 0 Å². The molecule has 0 aromatic heterocycles. The summed E-state index contributed by atoms with van der Waals surface area (Å²) in [5.74, 6) is -0.737. The van der Waals surface area contributed by atoms with Crippen LogP contribution >= 0.6 is 0 Å². The molecule has 0 unspecified atom stereocenters. The van der Waals surface area contributed by atoms with E-state index in [4.69, 9.17) is 0 Å². The van der Waals surface area contributed by atoms with Gasteiger partial charge in [0.25, 0.3) is 5.69 Å². The fourth-order valence-corrected chi connectivity index (χ4v) is 1.60. The number of hydrogen-bond acceptors (Lipinski definition) is 3. The van der Waals surface area contributed by atoms with Crippen LogP contribution in [0.15, 0.2) is 12.1 Å². The topological polar surface area (TPSA) is 63.4 Å². The molecule has 0 radical (unpaired) electrons. The van der Waals surface area contributed by atoms with Gasteiger partial charge in [0, 0.05) is 6.07 Å². The third kappa shape index (κ3) is 2.82. The Morgan fingerprint density at radius 3 is 2.29 bits per heavy atom. The van der Waals surface area contributed by atoms with Crippen molar-refractivity contribution < 1.29 is 14.3 Å². The maximum absolute atomic E-state index is 13.8. The second-order valence-corrected chi connectivity index (χ2v) is 5.07. The normalized spacial score (nSPS) is 11.4. The molecule has 1 aromatic rings. The van der Waals surface area contributed by atoms with Crippen LogP contribution in [0.1, 0.15) is 26.3 Å². The fourth-order valence-electron chi connectivity index (χ4n) is 1.60. The van der Waals surface area contributed by atoms with E-state index in [2.05, 4.69) is 0 Å². The van der Waals surface area contributed by atoms with Crippen molar-refractivity contribution >= 4 is 18.1 Å². The molecule has 6 heteroatoms. The van der Waals surface area contributed by atoms with E-state index in [0.717, 1.165) is 0 Å². The largest absolute Gasteiger partial charge is 0.446 e. The SMILES string of the molecule is CB(O)c1c(F)cc(C(C)(C)C)cc1[N+](=O)[O-]. The van der Waals surface area contributed by atoms with Gasteiger partial charge < -0.3 is 5.02 Å². The average Bonchev–Trinajstić information content (AvgIpc) is 2.13. The summed E-state index contributed by atoms with van der Waals surface area (Å²) in [4.78, 5) is 10.2. The third-order valence-corrected chi connectivity index (χ3v) is 2.59. The number of nitrogens with zero attached hydrogens (tertiary/aromatic N) is 1. The zero-order chi connectivity index (χ0) is 13.4. The lowest BCUT2D eigenvalue weighted by Crippen LogP contribution is -2.33. The summed E-state index contributed by atoms with van der Waals surface area (Å²) in [6, 6.07) is 2.57. The van der Waals surface area contributed by atoms with Crippen LogP contribution in [0, 0.1) is 15.9 Å². The Morgan fingerprint density at radius 2 is 1.94 bits per heavy atom. The Bertz CT molecular complexity index is 455.